The van der Waals surface area contributed by atoms with Crippen LogP contribution in [0.4, 0.5) is 0 Å². The van der Waals surface area contributed by atoms with Gasteiger partial charge in [0.25, 0.3) is 0 Å². The van der Waals surface area contributed by atoms with E-state index in [0.29, 0.717) is 6.42 Å². The van der Waals surface area contributed by atoms with E-state index >= 15 is 0 Å². The lowest BCUT2D eigenvalue weighted by Crippen LogP contribution is -3.11. The third kappa shape index (κ3) is 5.96. The first-order chi connectivity index (χ1) is 9.71. The fraction of sp³-hybridized carbons (Fsp3) is 0.824. The molecule has 0 aromatic carbocycles. The summed E-state index contributed by atoms with van der Waals surface area (Å²) in [6, 6.07) is 0. The summed E-state index contributed by atoms with van der Waals surface area (Å²) in [6.45, 7) is 9.64. The van der Waals surface area contributed by atoms with Crippen molar-refractivity contribution in [2.45, 2.75) is 65.4 Å². The van der Waals surface area contributed by atoms with Gasteiger partial charge >= 0.3 is 5.97 Å². The maximum Gasteiger partial charge on any atom is 0.310 e. The Labute approximate surface area is 124 Å². The van der Waals surface area contributed by atoms with E-state index in [-0.39, 0.29) is 18.0 Å². The first kappa shape index (κ1) is 17.0. The van der Waals surface area contributed by atoms with E-state index in [1.807, 2.05) is 0 Å². The molecule has 0 aromatic heterocycles. The van der Waals surface area contributed by atoms with Gasteiger partial charge in [-0.3, -0.25) is 4.79 Å². The van der Waals surface area contributed by atoms with Crippen molar-refractivity contribution in [2.75, 3.05) is 19.6 Å². The average Bonchev–Trinajstić information content (AvgIpc) is 2.80. The van der Waals surface area contributed by atoms with Crippen LogP contribution in [0.25, 0.3) is 0 Å². The number of quaternary nitrogens is 1. The van der Waals surface area contributed by atoms with Gasteiger partial charge in [0.2, 0.25) is 0 Å². The van der Waals surface area contributed by atoms with Gasteiger partial charge in [0.15, 0.2) is 0 Å². The van der Waals surface area contributed by atoms with Crippen LogP contribution in [0.2, 0.25) is 0 Å². The quantitative estimate of drug-likeness (QED) is 0.418. The van der Waals surface area contributed by atoms with E-state index in [1.165, 1.54) is 17.7 Å². The monoisotopic (exact) mass is 280 g/mol. The number of carbonyl (C=O) groups is 1. The molecule has 0 radical (unpaired) electrons. The lowest BCUT2D eigenvalue weighted by Gasteiger charge is -2.10. The maximum absolute atomic E-state index is 11.8. The Bertz CT molecular complexity index is 339. The molecule has 0 unspecified atom stereocenters. The minimum Gasteiger partial charge on any atom is -0.462 e. The molecule has 3 heteroatoms. The van der Waals surface area contributed by atoms with Gasteiger partial charge in [-0.15, -0.1) is 0 Å². The number of nitrogens with one attached hydrogen (secondary N) is 1. The van der Waals surface area contributed by atoms with Crippen LogP contribution in [-0.2, 0) is 9.53 Å². The molecule has 1 saturated heterocycles. The number of hydrogen-bond acceptors (Lipinski definition) is 2. The van der Waals surface area contributed by atoms with Crippen molar-refractivity contribution in [3.05, 3.63) is 0 Å². The third-order valence-electron chi connectivity index (χ3n) is 4.11. The smallest absolute Gasteiger partial charge is 0.310 e. The fourth-order valence-corrected chi connectivity index (χ4v) is 2.57. The van der Waals surface area contributed by atoms with Gasteiger partial charge < -0.3 is 9.64 Å². The summed E-state index contributed by atoms with van der Waals surface area (Å²) >= 11 is 0. The van der Waals surface area contributed by atoms with Crippen LogP contribution in [0.5, 0.6) is 0 Å². The zero-order valence-corrected chi connectivity index (χ0v) is 13.3. The zero-order chi connectivity index (χ0) is 14.8. The van der Waals surface area contributed by atoms with Crippen molar-refractivity contribution in [1.29, 1.82) is 0 Å². The average molecular weight is 280 g/mol. The Hall–Kier alpha value is -1.01. The number of hydrogen-bond donors (Lipinski definition) is 1. The first-order valence-corrected chi connectivity index (χ1v) is 8.20. The van der Waals surface area contributed by atoms with E-state index in [2.05, 4.69) is 32.6 Å². The maximum atomic E-state index is 11.8. The SMILES string of the molecule is CCCCC[C@@H]1C[C@@H](CC#CC[NH+](CC)CC)C(=O)O1. The van der Waals surface area contributed by atoms with Gasteiger partial charge in [-0.1, -0.05) is 25.7 Å². The summed E-state index contributed by atoms with van der Waals surface area (Å²) in [4.78, 5) is 13.3. The third-order valence-corrected chi connectivity index (χ3v) is 4.11. The van der Waals surface area contributed by atoms with Gasteiger partial charge in [-0.2, -0.15) is 0 Å². The Balaban J connectivity index is 2.27. The molecule has 1 N–H and O–H groups in total. The molecule has 0 aromatic rings. The van der Waals surface area contributed by atoms with Crippen molar-refractivity contribution in [3.63, 3.8) is 0 Å². The molecule has 0 spiro atoms. The van der Waals surface area contributed by atoms with Crippen molar-refractivity contribution >= 4 is 5.97 Å². The fourth-order valence-electron chi connectivity index (χ4n) is 2.57. The molecule has 114 valence electrons. The standard InChI is InChI=1S/C17H29NO2/c1-4-7-8-12-16-14-15(17(19)20-16)11-9-10-13-18(5-2)6-3/h15-16H,4-8,11-14H2,1-3H3/p+1/t15-,16-/m1/s1. The molecular weight excluding hydrogens is 250 g/mol. The molecule has 20 heavy (non-hydrogen) atoms. The number of unbranched alkanes of at least 4 members (excludes halogenated alkanes) is 2. The molecule has 0 amide bonds. The summed E-state index contributed by atoms with van der Waals surface area (Å²) in [6.07, 6.45) is 6.31. The highest BCUT2D eigenvalue weighted by Crippen LogP contribution is 2.26. The topological polar surface area (TPSA) is 30.7 Å². The largest absolute Gasteiger partial charge is 0.462 e. The van der Waals surface area contributed by atoms with Gasteiger partial charge in [0, 0.05) is 6.42 Å². The summed E-state index contributed by atoms with van der Waals surface area (Å²) in [5, 5.41) is 0. The van der Waals surface area contributed by atoms with Gasteiger partial charge in [0.05, 0.1) is 19.0 Å². The molecule has 0 aliphatic carbocycles. The minimum absolute atomic E-state index is 0.0147. The van der Waals surface area contributed by atoms with Crippen molar-refractivity contribution in [1.82, 2.24) is 0 Å². The van der Waals surface area contributed by atoms with E-state index in [4.69, 9.17) is 4.74 Å². The van der Waals surface area contributed by atoms with Gasteiger partial charge in [0.1, 0.15) is 12.6 Å². The zero-order valence-electron chi connectivity index (χ0n) is 13.3. The minimum atomic E-state index is -0.0315. The molecule has 2 atom stereocenters. The number of ether oxygens (including phenoxy) is 1. The number of rotatable bonds is 8. The Kier molecular flexibility index (Phi) is 8.37. The molecule has 1 rings (SSSR count). The molecule has 1 heterocycles. The normalized spacial score (nSPS) is 21.7. The van der Waals surface area contributed by atoms with Gasteiger partial charge in [-0.05, 0) is 39.0 Å². The Morgan fingerprint density at radius 3 is 2.60 bits per heavy atom. The predicted molar refractivity (Wildman–Crippen MR) is 81.4 cm³/mol. The molecular formula is C17H30NO2+. The molecule has 1 fully saturated rings. The number of esters is 1. The first-order valence-electron chi connectivity index (χ1n) is 8.20. The summed E-state index contributed by atoms with van der Waals surface area (Å²) in [5.74, 6) is 6.36. The van der Waals surface area contributed by atoms with Crippen LogP contribution >= 0.6 is 0 Å². The lowest BCUT2D eigenvalue weighted by atomic mass is 9.99. The highest BCUT2D eigenvalue weighted by atomic mass is 16.5. The van der Waals surface area contributed by atoms with E-state index < -0.39 is 0 Å². The van der Waals surface area contributed by atoms with Crippen LogP contribution < -0.4 is 4.90 Å². The molecule has 1 aliphatic heterocycles. The highest BCUT2D eigenvalue weighted by Gasteiger charge is 2.33. The van der Waals surface area contributed by atoms with E-state index in [0.717, 1.165) is 38.9 Å². The summed E-state index contributed by atoms with van der Waals surface area (Å²) in [5.41, 5.74) is 0. The van der Waals surface area contributed by atoms with E-state index in [9.17, 15) is 4.79 Å². The van der Waals surface area contributed by atoms with Crippen LogP contribution in [0.15, 0.2) is 0 Å². The summed E-state index contributed by atoms with van der Waals surface area (Å²) < 4.78 is 5.43. The molecule has 3 nitrogen and oxygen atoms in total. The van der Waals surface area contributed by atoms with Crippen molar-refractivity contribution < 1.29 is 14.4 Å². The number of cyclic esters (lactones) is 1. The van der Waals surface area contributed by atoms with Gasteiger partial charge in [-0.25, -0.2) is 0 Å². The van der Waals surface area contributed by atoms with Crippen LogP contribution in [0, 0.1) is 17.8 Å². The molecule has 0 saturated carbocycles. The molecule has 1 aliphatic rings. The second-order valence-corrected chi connectivity index (χ2v) is 5.68. The van der Waals surface area contributed by atoms with E-state index in [1.54, 1.807) is 0 Å². The molecule has 0 bridgehead atoms. The van der Waals surface area contributed by atoms with Crippen molar-refractivity contribution in [2.24, 2.45) is 5.92 Å². The Morgan fingerprint density at radius 2 is 1.95 bits per heavy atom. The second kappa shape index (κ2) is 9.83. The second-order valence-electron chi connectivity index (χ2n) is 5.68. The summed E-state index contributed by atoms with van der Waals surface area (Å²) in [7, 11) is 0. The van der Waals surface area contributed by atoms with Crippen LogP contribution in [0.3, 0.4) is 0 Å². The number of carbonyl (C=O) groups excluding carboxylic acids is 1. The van der Waals surface area contributed by atoms with Crippen LogP contribution in [-0.4, -0.2) is 31.7 Å². The van der Waals surface area contributed by atoms with Crippen molar-refractivity contribution in [3.8, 4) is 11.8 Å². The highest BCUT2D eigenvalue weighted by molar-refractivity contribution is 5.75. The Morgan fingerprint density at radius 1 is 1.20 bits per heavy atom. The lowest BCUT2D eigenvalue weighted by molar-refractivity contribution is -0.889. The van der Waals surface area contributed by atoms with Crippen LogP contribution in [0.1, 0.15) is 59.3 Å². The predicted octanol–water partition coefficient (Wildman–Crippen LogP) is 1.82.